The van der Waals surface area contributed by atoms with Gasteiger partial charge in [-0.3, -0.25) is 9.36 Å². The molecule has 7 nitrogen and oxygen atoms in total. The molecule has 5 rings (SSSR count). The van der Waals surface area contributed by atoms with Crippen molar-refractivity contribution >= 4 is 11.0 Å². The van der Waals surface area contributed by atoms with Crippen LogP contribution in [0.5, 0.6) is 5.88 Å². The summed E-state index contributed by atoms with van der Waals surface area (Å²) in [6, 6.07) is 11.8. The van der Waals surface area contributed by atoms with Gasteiger partial charge >= 0.3 is 0 Å². The van der Waals surface area contributed by atoms with E-state index >= 15 is 0 Å². The van der Waals surface area contributed by atoms with E-state index in [0.29, 0.717) is 29.9 Å². The lowest BCUT2D eigenvalue weighted by Crippen LogP contribution is -2.31. The van der Waals surface area contributed by atoms with Crippen molar-refractivity contribution in [2.75, 3.05) is 7.11 Å². The number of aromatic nitrogens is 4. The number of hydrogen-bond acceptors (Lipinski definition) is 5. The van der Waals surface area contributed by atoms with E-state index < -0.39 is 0 Å². The van der Waals surface area contributed by atoms with Crippen LogP contribution in [0.1, 0.15) is 48.7 Å². The Morgan fingerprint density at radius 1 is 1.00 bits per heavy atom. The fraction of sp³-hybridized carbons (Fsp3) is 0.370. The number of hydrogen-bond donors (Lipinski definition) is 1. The number of methoxy groups -OCH3 is 1. The molecule has 1 saturated carbocycles. The van der Waals surface area contributed by atoms with Gasteiger partial charge in [0.1, 0.15) is 11.5 Å². The van der Waals surface area contributed by atoms with Gasteiger partial charge in [-0.05, 0) is 82.3 Å². The molecule has 34 heavy (non-hydrogen) atoms. The summed E-state index contributed by atoms with van der Waals surface area (Å²) in [5, 5.41) is 11.0. The number of ether oxygens (including phenoxy) is 1. The third-order valence-electron chi connectivity index (χ3n) is 6.99. The highest BCUT2D eigenvalue weighted by Gasteiger charge is 2.26. The van der Waals surface area contributed by atoms with Crippen LogP contribution in [0.3, 0.4) is 0 Å². The molecule has 0 radical (unpaired) electrons. The van der Waals surface area contributed by atoms with E-state index in [9.17, 15) is 9.90 Å². The monoisotopic (exact) mass is 458 g/mol. The van der Waals surface area contributed by atoms with E-state index in [1.807, 2.05) is 16.7 Å². The molecule has 0 aromatic carbocycles. The van der Waals surface area contributed by atoms with Crippen LogP contribution in [0.15, 0.2) is 47.4 Å². The van der Waals surface area contributed by atoms with E-state index in [-0.39, 0.29) is 17.7 Å². The molecule has 4 aromatic rings. The summed E-state index contributed by atoms with van der Waals surface area (Å²) in [6.45, 7) is 6.18. The number of aryl methyl sites for hydroxylation is 3. The minimum atomic E-state index is -0.303. The molecule has 1 aliphatic carbocycles. The van der Waals surface area contributed by atoms with Gasteiger partial charge in [-0.1, -0.05) is 0 Å². The van der Waals surface area contributed by atoms with Crippen molar-refractivity contribution in [3.63, 3.8) is 0 Å². The molecule has 0 atom stereocenters. The molecule has 0 aliphatic heterocycles. The molecule has 0 unspecified atom stereocenters. The molecule has 4 aromatic heterocycles. The van der Waals surface area contributed by atoms with Gasteiger partial charge in [0.2, 0.25) is 5.88 Å². The normalized spacial score (nSPS) is 18.4. The fourth-order valence-corrected chi connectivity index (χ4v) is 5.11. The van der Waals surface area contributed by atoms with Crippen LogP contribution in [0.2, 0.25) is 0 Å². The third kappa shape index (κ3) is 3.80. The zero-order chi connectivity index (χ0) is 24.0. The van der Waals surface area contributed by atoms with Crippen LogP contribution in [0, 0.1) is 20.8 Å². The Balaban J connectivity index is 1.78. The van der Waals surface area contributed by atoms with Gasteiger partial charge in [0.25, 0.3) is 5.56 Å². The standard InChI is InChI=1S/C27H30N4O3/c1-16-13-24(30-17(2)5-6-18(30)3)29-26-22(16)14-23(19-7-12-25(34-4)28-15-19)27(33)31(26)20-8-10-21(32)11-9-20/h5-7,12-15,20-21,32H,8-11H2,1-4H3/t20-,21-. The molecule has 0 amide bonds. The highest BCUT2D eigenvalue weighted by Crippen LogP contribution is 2.33. The minimum Gasteiger partial charge on any atom is -0.481 e. The summed E-state index contributed by atoms with van der Waals surface area (Å²) in [5.41, 5.74) is 5.21. The van der Waals surface area contributed by atoms with Crippen molar-refractivity contribution in [1.82, 2.24) is 19.1 Å². The molecule has 176 valence electrons. The summed E-state index contributed by atoms with van der Waals surface area (Å²) < 4.78 is 9.18. The van der Waals surface area contributed by atoms with E-state index in [2.05, 4.69) is 48.5 Å². The Labute approximate surface area is 198 Å². The Morgan fingerprint density at radius 2 is 1.71 bits per heavy atom. The number of aliphatic hydroxyl groups excluding tert-OH is 1. The maximum Gasteiger partial charge on any atom is 0.260 e. The quantitative estimate of drug-likeness (QED) is 0.481. The first-order chi connectivity index (χ1) is 16.4. The number of pyridine rings is 3. The largest absolute Gasteiger partial charge is 0.481 e. The Hall–Kier alpha value is -3.45. The van der Waals surface area contributed by atoms with Gasteiger partial charge in [-0.2, -0.15) is 0 Å². The lowest BCUT2D eigenvalue weighted by molar-refractivity contribution is 0.111. The molecule has 0 saturated heterocycles. The molecule has 1 fully saturated rings. The van der Waals surface area contributed by atoms with E-state index in [4.69, 9.17) is 9.72 Å². The van der Waals surface area contributed by atoms with Crippen LogP contribution >= 0.6 is 0 Å². The number of aliphatic hydroxyl groups is 1. The first kappa shape index (κ1) is 22.3. The van der Waals surface area contributed by atoms with E-state index in [1.54, 1.807) is 19.4 Å². The summed E-state index contributed by atoms with van der Waals surface area (Å²) in [4.78, 5) is 23.3. The summed E-state index contributed by atoms with van der Waals surface area (Å²) >= 11 is 0. The van der Waals surface area contributed by atoms with Gasteiger partial charge in [0, 0.05) is 46.2 Å². The smallest absolute Gasteiger partial charge is 0.260 e. The van der Waals surface area contributed by atoms with Crippen LogP contribution in [0.4, 0.5) is 0 Å². The topological polar surface area (TPSA) is 82.2 Å². The zero-order valence-corrected chi connectivity index (χ0v) is 20.1. The van der Waals surface area contributed by atoms with Crippen LogP contribution in [0.25, 0.3) is 28.0 Å². The van der Waals surface area contributed by atoms with Crippen LogP contribution in [-0.4, -0.2) is 37.4 Å². The molecular formula is C27H30N4O3. The van der Waals surface area contributed by atoms with Gasteiger partial charge in [0.05, 0.1) is 13.2 Å². The van der Waals surface area contributed by atoms with Crippen molar-refractivity contribution in [2.45, 2.75) is 58.6 Å². The fourth-order valence-electron chi connectivity index (χ4n) is 5.11. The summed E-state index contributed by atoms with van der Waals surface area (Å²) in [5.74, 6) is 1.32. The Bertz CT molecular complexity index is 1390. The summed E-state index contributed by atoms with van der Waals surface area (Å²) in [6.07, 6.45) is 4.23. The van der Waals surface area contributed by atoms with Crippen molar-refractivity contribution in [2.24, 2.45) is 0 Å². The second-order valence-electron chi connectivity index (χ2n) is 9.27. The lowest BCUT2D eigenvalue weighted by atomic mass is 9.92. The van der Waals surface area contributed by atoms with Gasteiger partial charge in [-0.15, -0.1) is 0 Å². The SMILES string of the molecule is COc1ccc(-c2cc3c(C)cc(-n4c(C)ccc4C)nc3n([C@H]3CC[C@H](O)CC3)c2=O)cn1. The zero-order valence-electron chi connectivity index (χ0n) is 20.1. The molecule has 0 bridgehead atoms. The second kappa shape index (κ2) is 8.72. The molecular weight excluding hydrogens is 428 g/mol. The predicted molar refractivity (Wildman–Crippen MR) is 133 cm³/mol. The molecule has 1 N–H and O–H groups in total. The highest BCUT2D eigenvalue weighted by molar-refractivity contribution is 5.85. The van der Waals surface area contributed by atoms with Crippen molar-refractivity contribution in [3.8, 4) is 22.8 Å². The lowest BCUT2D eigenvalue weighted by Gasteiger charge is -2.29. The third-order valence-corrected chi connectivity index (χ3v) is 6.99. The maximum absolute atomic E-state index is 14.0. The Kier molecular flexibility index (Phi) is 5.73. The highest BCUT2D eigenvalue weighted by atomic mass is 16.5. The summed E-state index contributed by atoms with van der Waals surface area (Å²) in [7, 11) is 1.57. The van der Waals surface area contributed by atoms with Gasteiger partial charge in [-0.25, -0.2) is 9.97 Å². The number of nitrogens with zero attached hydrogens (tertiary/aromatic N) is 4. The average molecular weight is 459 g/mol. The molecule has 0 spiro atoms. The molecule has 4 heterocycles. The molecule has 1 aliphatic rings. The number of fused-ring (bicyclic) bond motifs is 1. The molecule has 7 heteroatoms. The van der Waals surface area contributed by atoms with Crippen molar-refractivity contribution in [1.29, 1.82) is 0 Å². The van der Waals surface area contributed by atoms with Crippen LogP contribution in [-0.2, 0) is 0 Å². The minimum absolute atomic E-state index is 0.0152. The van der Waals surface area contributed by atoms with E-state index in [0.717, 1.165) is 46.6 Å². The first-order valence-corrected chi connectivity index (χ1v) is 11.8. The first-order valence-electron chi connectivity index (χ1n) is 11.8. The van der Waals surface area contributed by atoms with Crippen LogP contribution < -0.4 is 10.3 Å². The van der Waals surface area contributed by atoms with Crippen molar-refractivity contribution in [3.05, 3.63) is 69.9 Å². The Morgan fingerprint density at radius 3 is 2.32 bits per heavy atom. The average Bonchev–Trinajstić information content (AvgIpc) is 3.17. The predicted octanol–water partition coefficient (Wildman–Crippen LogP) is 4.66. The number of rotatable bonds is 4. The maximum atomic E-state index is 14.0. The van der Waals surface area contributed by atoms with Gasteiger partial charge < -0.3 is 14.4 Å². The van der Waals surface area contributed by atoms with E-state index in [1.165, 1.54) is 0 Å². The van der Waals surface area contributed by atoms with Gasteiger partial charge in [0.15, 0.2) is 0 Å². The second-order valence-corrected chi connectivity index (χ2v) is 9.27. The van der Waals surface area contributed by atoms with Crippen molar-refractivity contribution < 1.29 is 9.84 Å².